The fraction of sp³-hybridized carbons (Fsp3) is 0.154. The zero-order valence-electron chi connectivity index (χ0n) is 10.7. The topological polar surface area (TPSA) is 78.3 Å². The quantitative estimate of drug-likeness (QED) is 0.789. The van der Waals surface area contributed by atoms with Gasteiger partial charge in [-0.25, -0.2) is 9.37 Å². The number of ether oxygens (including phenoxy) is 1. The summed E-state index contributed by atoms with van der Waals surface area (Å²) in [5.74, 6) is 0.632. The third-order valence-electron chi connectivity index (χ3n) is 2.81. The lowest BCUT2D eigenvalue weighted by molar-refractivity contribution is 0.218. The van der Waals surface area contributed by atoms with Crippen molar-refractivity contribution >= 4 is 11.7 Å². The molecular formula is C13H12FN5O. The van der Waals surface area contributed by atoms with Gasteiger partial charge in [0.25, 0.3) is 5.78 Å². The molecule has 1 unspecified atom stereocenters. The van der Waals surface area contributed by atoms with Crippen LogP contribution < -0.4 is 10.5 Å². The first-order valence-electron chi connectivity index (χ1n) is 6.03. The van der Waals surface area contributed by atoms with E-state index in [1.807, 2.05) is 6.92 Å². The van der Waals surface area contributed by atoms with Gasteiger partial charge in [-0.15, -0.1) is 5.10 Å². The van der Waals surface area contributed by atoms with Crippen molar-refractivity contribution in [2.45, 2.75) is 13.0 Å². The van der Waals surface area contributed by atoms with E-state index in [2.05, 4.69) is 15.1 Å². The maximum Gasteiger partial charge on any atom is 0.254 e. The van der Waals surface area contributed by atoms with Crippen molar-refractivity contribution in [2.24, 2.45) is 0 Å². The van der Waals surface area contributed by atoms with Crippen LogP contribution in [0.3, 0.4) is 0 Å². The second-order valence-electron chi connectivity index (χ2n) is 4.27. The molecule has 7 heteroatoms. The number of nitrogen functional groups attached to an aromatic ring is 1. The number of fused-ring (bicyclic) bond motifs is 1. The number of nitrogens with zero attached hydrogens (tertiary/aromatic N) is 4. The standard InChI is InChI=1S/C13H12FN5O/c1-8(20-10-4-2-3-9(14)7-10)11-5-6-16-13-17-12(15)18-19(11)13/h2-8H,1H3,(H2,15,18). The molecule has 3 aromatic rings. The first-order chi connectivity index (χ1) is 9.63. The van der Waals surface area contributed by atoms with Crippen LogP contribution in [0.25, 0.3) is 5.78 Å². The highest BCUT2D eigenvalue weighted by atomic mass is 19.1. The SMILES string of the molecule is CC(Oc1cccc(F)c1)c1ccnc2nc(N)nn12. The van der Waals surface area contributed by atoms with Gasteiger partial charge >= 0.3 is 0 Å². The van der Waals surface area contributed by atoms with Gasteiger partial charge in [0.2, 0.25) is 5.95 Å². The Hall–Kier alpha value is -2.70. The summed E-state index contributed by atoms with van der Waals surface area (Å²) in [5, 5.41) is 4.06. The van der Waals surface area contributed by atoms with E-state index in [0.717, 1.165) is 5.69 Å². The van der Waals surface area contributed by atoms with Crippen LogP contribution in [0.5, 0.6) is 5.75 Å². The summed E-state index contributed by atoms with van der Waals surface area (Å²) in [5.41, 5.74) is 6.28. The minimum Gasteiger partial charge on any atom is -0.484 e. The van der Waals surface area contributed by atoms with Crippen LogP contribution in [-0.4, -0.2) is 19.6 Å². The van der Waals surface area contributed by atoms with Crippen molar-refractivity contribution in [1.82, 2.24) is 19.6 Å². The highest BCUT2D eigenvalue weighted by Gasteiger charge is 2.14. The number of anilines is 1. The summed E-state index contributed by atoms with van der Waals surface area (Å²) >= 11 is 0. The van der Waals surface area contributed by atoms with Crippen molar-refractivity contribution in [3.05, 3.63) is 48.0 Å². The van der Waals surface area contributed by atoms with E-state index < -0.39 is 0 Å². The second-order valence-corrected chi connectivity index (χ2v) is 4.27. The van der Waals surface area contributed by atoms with Gasteiger partial charge in [0.1, 0.15) is 17.7 Å². The maximum absolute atomic E-state index is 13.1. The monoisotopic (exact) mass is 273 g/mol. The molecule has 0 aliphatic heterocycles. The maximum atomic E-state index is 13.1. The minimum atomic E-state index is -0.358. The van der Waals surface area contributed by atoms with Gasteiger partial charge in [-0.2, -0.15) is 9.50 Å². The number of halogens is 1. The Balaban J connectivity index is 1.94. The van der Waals surface area contributed by atoms with Crippen LogP contribution in [0.2, 0.25) is 0 Å². The Morgan fingerprint density at radius 2 is 2.20 bits per heavy atom. The molecule has 0 aliphatic carbocycles. The Kier molecular flexibility index (Phi) is 2.94. The average Bonchev–Trinajstić information content (AvgIpc) is 2.78. The summed E-state index contributed by atoms with van der Waals surface area (Å²) in [7, 11) is 0. The zero-order valence-corrected chi connectivity index (χ0v) is 10.7. The van der Waals surface area contributed by atoms with E-state index in [9.17, 15) is 4.39 Å². The fourth-order valence-electron chi connectivity index (χ4n) is 1.94. The lowest BCUT2D eigenvalue weighted by Gasteiger charge is -2.15. The molecule has 1 atom stereocenters. The first kappa shape index (κ1) is 12.3. The molecule has 20 heavy (non-hydrogen) atoms. The molecule has 3 rings (SSSR count). The molecule has 2 N–H and O–H groups in total. The Morgan fingerprint density at radius 3 is 3.00 bits per heavy atom. The molecule has 0 spiro atoms. The highest BCUT2D eigenvalue weighted by molar-refractivity contribution is 5.35. The molecule has 0 saturated carbocycles. The van der Waals surface area contributed by atoms with Crippen LogP contribution in [0.15, 0.2) is 36.5 Å². The van der Waals surface area contributed by atoms with Crippen LogP contribution in [-0.2, 0) is 0 Å². The number of hydrogen-bond donors (Lipinski definition) is 1. The summed E-state index contributed by atoms with van der Waals surface area (Å²) in [6.45, 7) is 1.83. The molecule has 2 heterocycles. The number of hydrogen-bond acceptors (Lipinski definition) is 5. The third-order valence-corrected chi connectivity index (χ3v) is 2.81. The molecule has 0 radical (unpaired) electrons. The molecule has 0 bridgehead atoms. The lowest BCUT2D eigenvalue weighted by Crippen LogP contribution is -2.10. The number of aromatic nitrogens is 4. The number of benzene rings is 1. The van der Waals surface area contributed by atoms with Crippen LogP contribution in [0.1, 0.15) is 18.7 Å². The van der Waals surface area contributed by atoms with Gasteiger partial charge in [-0.05, 0) is 25.1 Å². The molecule has 0 amide bonds. The molecule has 102 valence electrons. The zero-order chi connectivity index (χ0) is 14.1. The Morgan fingerprint density at radius 1 is 1.35 bits per heavy atom. The minimum absolute atomic E-state index is 0.142. The summed E-state index contributed by atoms with van der Waals surface area (Å²) in [6.07, 6.45) is 1.24. The van der Waals surface area contributed by atoms with E-state index in [0.29, 0.717) is 11.5 Å². The van der Waals surface area contributed by atoms with E-state index >= 15 is 0 Å². The number of nitrogens with two attached hydrogens (primary N) is 1. The van der Waals surface area contributed by atoms with Gasteiger partial charge in [0.15, 0.2) is 0 Å². The predicted octanol–water partition coefficient (Wildman–Crippen LogP) is 1.99. The Bertz CT molecular complexity index is 757. The van der Waals surface area contributed by atoms with E-state index in [4.69, 9.17) is 10.5 Å². The van der Waals surface area contributed by atoms with E-state index in [1.165, 1.54) is 16.6 Å². The van der Waals surface area contributed by atoms with Gasteiger partial charge in [0, 0.05) is 12.3 Å². The van der Waals surface area contributed by atoms with Crippen LogP contribution in [0, 0.1) is 5.82 Å². The smallest absolute Gasteiger partial charge is 0.254 e. The van der Waals surface area contributed by atoms with Crippen molar-refractivity contribution in [2.75, 3.05) is 5.73 Å². The second kappa shape index (κ2) is 4.76. The van der Waals surface area contributed by atoms with Gasteiger partial charge in [-0.3, -0.25) is 0 Å². The molecule has 1 aromatic carbocycles. The third kappa shape index (κ3) is 2.25. The summed E-state index contributed by atoms with van der Waals surface area (Å²) in [4.78, 5) is 8.04. The van der Waals surface area contributed by atoms with Crippen molar-refractivity contribution in [3.63, 3.8) is 0 Å². The van der Waals surface area contributed by atoms with Crippen molar-refractivity contribution in [1.29, 1.82) is 0 Å². The van der Waals surface area contributed by atoms with Crippen LogP contribution >= 0.6 is 0 Å². The number of rotatable bonds is 3. The van der Waals surface area contributed by atoms with Crippen molar-refractivity contribution < 1.29 is 9.13 Å². The first-order valence-corrected chi connectivity index (χ1v) is 6.03. The van der Waals surface area contributed by atoms with Crippen LogP contribution in [0.4, 0.5) is 10.3 Å². The molecule has 6 nitrogen and oxygen atoms in total. The summed E-state index contributed by atoms with van der Waals surface area (Å²) in [6, 6.07) is 7.72. The Labute approximate surface area is 114 Å². The molecule has 2 aromatic heterocycles. The average molecular weight is 273 g/mol. The van der Waals surface area contributed by atoms with Gasteiger partial charge in [-0.1, -0.05) is 6.07 Å². The predicted molar refractivity (Wildman–Crippen MR) is 70.6 cm³/mol. The summed E-state index contributed by atoms with van der Waals surface area (Å²) < 4.78 is 20.4. The lowest BCUT2D eigenvalue weighted by atomic mass is 10.2. The molecular weight excluding hydrogens is 261 g/mol. The molecule has 0 fully saturated rings. The largest absolute Gasteiger partial charge is 0.484 e. The normalized spacial score (nSPS) is 12.5. The van der Waals surface area contributed by atoms with E-state index in [1.54, 1.807) is 24.4 Å². The van der Waals surface area contributed by atoms with Gasteiger partial charge in [0.05, 0.1) is 5.69 Å². The molecule has 0 saturated heterocycles. The fourth-order valence-corrected chi connectivity index (χ4v) is 1.94. The van der Waals surface area contributed by atoms with Gasteiger partial charge < -0.3 is 10.5 Å². The van der Waals surface area contributed by atoms with Crippen molar-refractivity contribution in [3.8, 4) is 5.75 Å². The van der Waals surface area contributed by atoms with E-state index in [-0.39, 0.29) is 17.9 Å². The molecule has 0 aliphatic rings. The highest BCUT2D eigenvalue weighted by Crippen LogP contribution is 2.22.